The van der Waals surface area contributed by atoms with Crippen LogP contribution in [0, 0.1) is 0 Å². The smallest absolute Gasteiger partial charge is 0.226 e. The van der Waals surface area contributed by atoms with Crippen LogP contribution in [0.2, 0.25) is 0 Å². The summed E-state index contributed by atoms with van der Waals surface area (Å²) in [6, 6.07) is 21.4. The van der Waals surface area contributed by atoms with Crippen LogP contribution >= 0.6 is 0 Å². The summed E-state index contributed by atoms with van der Waals surface area (Å²) >= 11 is 0. The first-order valence-electron chi connectivity index (χ1n) is 8.46. The van der Waals surface area contributed by atoms with Crippen molar-refractivity contribution >= 4 is 11.6 Å². The minimum Gasteiger partial charge on any atom is -0.494 e. The Bertz CT molecular complexity index is 781. The van der Waals surface area contributed by atoms with Crippen LogP contribution in [0.3, 0.4) is 0 Å². The van der Waals surface area contributed by atoms with Crippen molar-refractivity contribution in [3.63, 3.8) is 0 Å². The highest BCUT2D eigenvalue weighted by molar-refractivity contribution is 5.91. The molecular formula is C21H22N2O2. The third-order valence-electron chi connectivity index (χ3n) is 4.00. The molecule has 0 aliphatic carbocycles. The van der Waals surface area contributed by atoms with Gasteiger partial charge in [-0.05, 0) is 48.9 Å². The molecule has 0 fully saturated rings. The van der Waals surface area contributed by atoms with E-state index in [0.29, 0.717) is 13.0 Å². The molecule has 2 aromatic carbocycles. The van der Waals surface area contributed by atoms with E-state index in [1.54, 1.807) is 0 Å². The van der Waals surface area contributed by atoms with Crippen LogP contribution in [0.4, 0.5) is 5.69 Å². The van der Waals surface area contributed by atoms with Crippen molar-refractivity contribution in [1.82, 2.24) is 4.57 Å². The largest absolute Gasteiger partial charge is 0.494 e. The molecular weight excluding hydrogens is 312 g/mol. The standard InChI is InChI=1S/C21H22N2O2/c1-2-25-19-12-10-18(11-13-19)22-21(24)16-20(23-14-6-7-15-23)17-8-4-3-5-9-17/h3-15,20H,2,16H2,1H3,(H,22,24)/t20-/m0/s1. The van der Waals surface area contributed by atoms with Gasteiger partial charge in [-0.3, -0.25) is 4.79 Å². The van der Waals surface area contributed by atoms with Crippen LogP contribution in [0.1, 0.15) is 24.9 Å². The van der Waals surface area contributed by atoms with E-state index in [0.717, 1.165) is 17.0 Å². The topological polar surface area (TPSA) is 43.3 Å². The second-order valence-electron chi connectivity index (χ2n) is 5.77. The first kappa shape index (κ1) is 16.8. The fraction of sp³-hybridized carbons (Fsp3) is 0.190. The van der Waals surface area contributed by atoms with Gasteiger partial charge in [0.15, 0.2) is 0 Å². The van der Waals surface area contributed by atoms with Gasteiger partial charge in [0.1, 0.15) is 5.75 Å². The Hall–Kier alpha value is -3.01. The zero-order valence-electron chi connectivity index (χ0n) is 14.3. The average molecular weight is 334 g/mol. The number of hydrogen-bond donors (Lipinski definition) is 1. The third kappa shape index (κ3) is 4.51. The van der Waals surface area contributed by atoms with Crippen LogP contribution in [-0.2, 0) is 4.79 Å². The number of carbonyl (C=O) groups is 1. The number of ether oxygens (including phenoxy) is 1. The number of benzene rings is 2. The van der Waals surface area contributed by atoms with E-state index in [1.165, 1.54) is 0 Å². The summed E-state index contributed by atoms with van der Waals surface area (Å²) in [5.41, 5.74) is 1.88. The summed E-state index contributed by atoms with van der Waals surface area (Å²) < 4.78 is 7.48. The van der Waals surface area contributed by atoms with Gasteiger partial charge in [-0.2, -0.15) is 0 Å². The van der Waals surface area contributed by atoms with Crippen molar-refractivity contribution in [3.8, 4) is 5.75 Å². The average Bonchev–Trinajstić information content (AvgIpc) is 3.17. The molecule has 0 saturated carbocycles. The molecule has 4 heteroatoms. The third-order valence-corrected chi connectivity index (χ3v) is 4.00. The van der Waals surface area contributed by atoms with E-state index in [1.807, 2.05) is 73.9 Å². The van der Waals surface area contributed by atoms with Gasteiger partial charge in [-0.1, -0.05) is 30.3 Å². The number of nitrogens with one attached hydrogen (secondary N) is 1. The Kier molecular flexibility index (Phi) is 5.52. The number of hydrogen-bond acceptors (Lipinski definition) is 2. The predicted octanol–water partition coefficient (Wildman–Crippen LogP) is 4.51. The van der Waals surface area contributed by atoms with Gasteiger partial charge in [-0.25, -0.2) is 0 Å². The van der Waals surface area contributed by atoms with Crippen LogP contribution in [0.5, 0.6) is 5.75 Å². The van der Waals surface area contributed by atoms with Gasteiger partial charge in [0.05, 0.1) is 19.1 Å². The fourth-order valence-corrected chi connectivity index (χ4v) is 2.81. The summed E-state index contributed by atoms with van der Waals surface area (Å²) in [6.45, 7) is 2.57. The molecule has 4 nitrogen and oxygen atoms in total. The Morgan fingerprint density at radius 2 is 1.68 bits per heavy atom. The Morgan fingerprint density at radius 1 is 1.00 bits per heavy atom. The van der Waals surface area contributed by atoms with Crippen LogP contribution < -0.4 is 10.1 Å². The molecule has 1 amide bonds. The van der Waals surface area contributed by atoms with E-state index in [9.17, 15) is 4.79 Å². The molecule has 25 heavy (non-hydrogen) atoms. The predicted molar refractivity (Wildman–Crippen MR) is 99.9 cm³/mol. The minimum atomic E-state index is -0.0288. The first-order chi connectivity index (χ1) is 12.3. The van der Waals surface area contributed by atoms with Crippen molar-refractivity contribution < 1.29 is 9.53 Å². The monoisotopic (exact) mass is 334 g/mol. The van der Waals surface area contributed by atoms with Gasteiger partial charge < -0.3 is 14.6 Å². The van der Waals surface area contributed by atoms with Crippen molar-refractivity contribution in [2.24, 2.45) is 0 Å². The molecule has 3 aromatic rings. The van der Waals surface area contributed by atoms with Crippen molar-refractivity contribution in [2.75, 3.05) is 11.9 Å². The second-order valence-corrected chi connectivity index (χ2v) is 5.77. The zero-order chi connectivity index (χ0) is 17.5. The summed E-state index contributed by atoms with van der Waals surface area (Å²) in [7, 11) is 0. The van der Waals surface area contributed by atoms with Crippen molar-refractivity contribution in [3.05, 3.63) is 84.7 Å². The molecule has 128 valence electrons. The van der Waals surface area contributed by atoms with Gasteiger partial charge in [0.25, 0.3) is 0 Å². The lowest BCUT2D eigenvalue weighted by Crippen LogP contribution is -2.19. The summed E-state index contributed by atoms with van der Waals surface area (Å²) in [6.07, 6.45) is 4.34. The van der Waals surface area contributed by atoms with Gasteiger partial charge in [0.2, 0.25) is 5.91 Å². The van der Waals surface area contributed by atoms with E-state index in [-0.39, 0.29) is 11.9 Å². The number of rotatable bonds is 7. The Labute approximate surface area is 148 Å². The second kappa shape index (κ2) is 8.20. The number of nitrogens with zero attached hydrogens (tertiary/aromatic N) is 1. The number of anilines is 1. The number of carbonyl (C=O) groups excluding carboxylic acids is 1. The van der Waals surface area contributed by atoms with Gasteiger partial charge >= 0.3 is 0 Å². The van der Waals surface area contributed by atoms with Crippen LogP contribution in [0.15, 0.2) is 79.1 Å². The van der Waals surface area contributed by atoms with Crippen molar-refractivity contribution in [1.29, 1.82) is 0 Å². The van der Waals surface area contributed by atoms with E-state index in [2.05, 4.69) is 22.0 Å². The molecule has 0 spiro atoms. The summed E-state index contributed by atoms with van der Waals surface area (Å²) in [4.78, 5) is 12.5. The van der Waals surface area contributed by atoms with Gasteiger partial charge in [-0.15, -0.1) is 0 Å². The molecule has 1 atom stereocenters. The zero-order valence-corrected chi connectivity index (χ0v) is 14.3. The van der Waals surface area contributed by atoms with Crippen LogP contribution in [-0.4, -0.2) is 17.1 Å². The highest BCUT2D eigenvalue weighted by Crippen LogP contribution is 2.23. The number of amides is 1. The fourth-order valence-electron chi connectivity index (χ4n) is 2.81. The molecule has 0 bridgehead atoms. The molecule has 1 aromatic heterocycles. The van der Waals surface area contributed by atoms with E-state index >= 15 is 0 Å². The lowest BCUT2D eigenvalue weighted by Gasteiger charge is -2.19. The lowest BCUT2D eigenvalue weighted by molar-refractivity contribution is -0.116. The first-order valence-corrected chi connectivity index (χ1v) is 8.46. The molecule has 1 N–H and O–H groups in total. The minimum absolute atomic E-state index is 0.0216. The molecule has 0 unspecified atom stereocenters. The molecule has 1 heterocycles. The normalized spacial score (nSPS) is 11.7. The maximum Gasteiger partial charge on any atom is 0.226 e. The summed E-state index contributed by atoms with van der Waals surface area (Å²) in [5.74, 6) is 0.779. The highest BCUT2D eigenvalue weighted by Gasteiger charge is 2.17. The van der Waals surface area contributed by atoms with Crippen LogP contribution in [0.25, 0.3) is 0 Å². The quantitative estimate of drug-likeness (QED) is 0.691. The highest BCUT2D eigenvalue weighted by atomic mass is 16.5. The van der Waals surface area contributed by atoms with Gasteiger partial charge in [0, 0.05) is 18.1 Å². The van der Waals surface area contributed by atoms with Crippen molar-refractivity contribution in [2.45, 2.75) is 19.4 Å². The molecule has 0 radical (unpaired) electrons. The lowest BCUT2D eigenvalue weighted by atomic mass is 10.0. The van der Waals surface area contributed by atoms with E-state index in [4.69, 9.17) is 4.74 Å². The maximum absolute atomic E-state index is 12.5. The number of aromatic nitrogens is 1. The van der Waals surface area contributed by atoms with E-state index < -0.39 is 0 Å². The molecule has 0 aliphatic heterocycles. The summed E-state index contributed by atoms with van der Waals surface area (Å²) in [5, 5.41) is 2.97. The molecule has 0 saturated heterocycles. The molecule has 0 aliphatic rings. The Morgan fingerprint density at radius 3 is 2.32 bits per heavy atom. The molecule has 3 rings (SSSR count). The SMILES string of the molecule is CCOc1ccc(NC(=O)C[C@@H](c2ccccc2)n2cccc2)cc1. The maximum atomic E-state index is 12.5. The Balaban J connectivity index is 1.70.